The molecule has 0 saturated heterocycles. The van der Waals surface area contributed by atoms with E-state index in [1.807, 2.05) is 12.1 Å². The molecule has 3 nitrogen and oxygen atoms in total. The average molecular weight is 230 g/mol. The minimum Gasteiger partial charge on any atom is -0.497 e. The molecule has 1 fully saturated rings. The van der Waals surface area contributed by atoms with Crippen LogP contribution in [0.3, 0.4) is 0 Å². The number of hydrogen-bond donors (Lipinski definition) is 1. The van der Waals surface area contributed by atoms with Crippen LogP contribution in [0.2, 0.25) is 0 Å². The molecule has 1 saturated carbocycles. The lowest BCUT2D eigenvalue weighted by atomic mass is 9.97. The highest BCUT2D eigenvalue weighted by Gasteiger charge is 2.37. The van der Waals surface area contributed by atoms with Crippen molar-refractivity contribution in [1.82, 2.24) is 0 Å². The molecule has 1 aliphatic carbocycles. The van der Waals surface area contributed by atoms with Crippen LogP contribution in [0.15, 0.2) is 18.2 Å². The standard InChI is InChI=1S/C14H18N2O/c1-14(2,11-5-6-11)16-13-8-12(17-3)7-4-10(13)9-15/h4,7-8,11,16H,5-6H2,1-3H3. The van der Waals surface area contributed by atoms with E-state index in [9.17, 15) is 0 Å². The fourth-order valence-electron chi connectivity index (χ4n) is 2.11. The molecule has 1 N–H and O–H groups in total. The molecule has 0 aromatic heterocycles. The molecule has 0 radical (unpaired) electrons. The Bertz CT molecular complexity index is 456. The maximum atomic E-state index is 9.10. The lowest BCUT2D eigenvalue weighted by Gasteiger charge is -2.28. The van der Waals surface area contributed by atoms with E-state index in [-0.39, 0.29) is 5.54 Å². The van der Waals surface area contributed by atoms with Gasteiger partial charge in [0.1, 0.15) is 11.8 Å². The minimum atomic E-state index is 0.0396. The van der Waals surface area contributed by atoms with Gasteiger partial charge in [-0.25, -0.2) is 0 Å². The van der Waals surface area contributed by atoms with Crippen LogP contribution in [0.25, 0.3) is 0 Å². The Hall–Kier alpha value is -1.69. The van der Waals surface area contributed by atoms with Gasteiger partial charge >= 0.3 is 0 Å². The summed E-state index contributed by atoms with van der Waals surface area (Å²) in [5.74, 6) is 1.48. The zero-order valence-electron chi connectivity index (χ0n) is 10.6. The van der Waals surface area contributed by atoms with Crippen LogP contribution in [0.4, 0.5) is 5.69 Å². The van der Waals surface area contributed by atoms with Crippen LogP contribution in [0.1, 0.15) is 32.3 Å². The molecule has 0 spiro atoms. The summed E-state index contributed by atoms with van der Waals surface area (Å²) in [6, 6.07) is 7.71. The van der Waals surface area contributed by atoms with Gasteiger partial charge in [-0.05, 0) is 44.7 Å². The molecule has 0 aliphatic heterocycles. The zero-order chi connectivity index (χ0) is 12.5. The number of methoxy groups -OCH3 is 1. The molecular weight excluding hydrogens is 212 g/mol. The number of benzene rings is 1. The first-order valence-electron chi connectivity index (χ1n) is 5.93. The molecule has 1 aromatic carbocycles. The van der Waals surface area contributed by atoms with Crippen LogP contribution >= 0.6 is 0 Å². The van der Waals surface area contributed by atoms with Crippen LogP contribution in [0.5, 0.6) is 5.75 Å². The largest absolute Gasteiger partial charge is 0.497 e. The maximum Gasteiger partial charge on any atom is 0.121 e. The second kappa shape index (κ2) is 4.29. The van der Waals surface area contributed by atoms with E-state index < -0.39 is 0 Å². The van der Waals surface area contributed by atoms with Gasteiger partial charge in [-0.3, -0.25) is 0 Å². The third-order valence-corrected chi connectivity index (χ3v) is 3.40. The smallest absolute Gasteiger partial charge is 0.121 e. The number of nitrogens with zero attached hydrogens (tertiary/aromatic N) is 1. The Morgan fingerprint density at radius 2 is 2.12 bits per heavy atom. The van der Waals surface area contributed by atoms with E-state index in [2.05, 4.69) is 25.2 Å². The number of hydrogen-bond acceptors (Lipinski definition) is 3. The number of nitriles is 1. The van der Waals surface area contributed by atoms with Crippen molar-refractivity contribution in [2.45, 2.75) is 32.2 Å². The molecule has 0 unspecified atom stereocenters. The van der Waals surface area contributed by atoms with Gasteiger partial charge in [0.15, 0.2) is 0 Å². The van der Waals surface area contributed by atoms with Gasteiger partial charge in [-0.15, -0.1) is 0 Å². The molecule has 0 bridgehead atoms. The summed E-state index contributed by atoms with van der Waals surface area (Å²) in [4.78, 5) is 0. The summed E-state index contributed by atoms with van der Waals surface area (Å²) in [7, 11) is 1.64. The van der Waals surface area contributed by atoms with Crippen LogP contribution in [-0.2, 0) is 0 Å². The molecular formula is C14H18N2O. The Kier molecular flexibility index (Phi) is 2.97. The first kappa shape index (κ1) is 11.8. The van der Waals surface area contributed by atoms with Gasteiger partial charge in [-0.2, -0.15) is 5.26 Å². The maximum absolute atomic E-state index is 9.10. The molecule has 90 valence electrons. The highest BCUT2D eigenvalue weighted by molar-refractivity contribution is 5.61. The van der Waals surface area contributed by atoms with Crippen molar-refractivity contribution in [2.24, 2.45) is 5.92 Å². The molecule has 0 atom stereocenters. The first-order valence-corrected chi connectivity index (χ1v) is 5.93. The van der Waals surface area contributed by atoms with Gasteiger partial charge in [0.2, 0.25) is 0 Å². The van der Waals surface area contributed by atoms with Crippen LogP contribution in [0, 0.1) is 17.2 Å². The van der Waals surface area contributed by atoms with Crippen molar-refractivity contribution in [1.29, 1.82) is 5.26 Å². The van der Waals surface area contributed by atoms with Crippen LogP contribution < -0.4 is 10.1 Å². The number of rotatable bonds is 4. The van der Waals surface area contributed by atoms with Gasteiger partial charge in [-0.1, -0.05) is 0 Å². The van der Waals surface area contributed by atoms with E-state index >= 15 is 0 Å². The minimum absolute atomic E-state index is 0.0396. The number of nitrogens with one attached hydrogen (secondary N) is 1. The van der Waals surface area contributed by atoms with E-state index in [0.717, 1.165) is 11.4 Å². The topological polar surface area (TPSA) is 45.0 Å². The predicted molar refractivity (Wildman–Crippen MR) is 68.1 cm³/mol. The monoisotopic (exact) mass is 230 g/mol. The van der Waals surface area contributed by atoms with E-state index in [1.54, 1.807) is 13.2 Å². The Morgan fingerprint density at radius 1 is 1.41 bits per heavy atom. The molecule has 0 amide bonds. The summed E-state index contributed by atoms with van der Waals surface area (Å²) in [6.45, 7) is 4.37. The second-order valence-electron chi connectivity index (χ2n) is 5.14. The summed E-state index contributed by atoms with van der Waals surface area (Å²) in [5, 5.41) is 12.6. The van der Waals surface area contributed by atoms with Crippen molar-refractivity contribution in [3.8, 4) is 11.8 Å². The predicted octanol–water partition coefficient (Wildman–Crippen LogP) is 3.17. The third-order valence-electron chi connectivity index (χ3n) is 3.40. The van der Waals surface area contributed by atoms with Crippen molar-refractivity contribution in [2.75, 3.05) is 12.4 Å². The van der Waals surface area contributed by atoms with Crippen molar-refractivity contribution in [3.05, 3.63) is 23.8 Å². The van der Waals surface area contributed by atoms with Gasteiger partial charge < -0.3 is 10.1 Å². The van der Waals surface area contributed by atoms with Crippen molar-refractivity contribution < 1.29 is 4.74 Å². The van der Waals surface area contributed by atoms with Crippen molar-refractivity contribution >= 4 is 5.69 Å². The Labute approximate surface area is 102 Å². The second-order valence-corrected chi connectivity index (χ2v) is 5.14. The summed E-state index contributed by atoms with van der Waals surface area (Å²) < 4.78 is 5.20. The molecule has 0 heterocycles. The number of anilines is 1. The lowest BCUT2D eigenvalue weighted by molar-refractivity contribution is 0.414. The fourth-order valence-corrected chi connectivity index (χ4v) is 2.11. The highest BCUT2D eigenvalue weighted by Crippen LogP contribution is 2.41. The quantitative estimate of drug-likeness (QED) is 0.864. The summed E-state index contributed by atoms with van der Waals surface area (Å²) in [5.41, 5.74) is 1.57. The molecule has 1 aromatic rings. The SMILES string of the molecule is COc1ccc(C#N)c(NC(C)(C)C2CC2)c1. The molecule has 2 rings (SSSR count). The Balaban J connectivity index is 2.27. The first-order chi connectivity index (χ1) is 8.06. The summed E-state index contributed by atoms with van der Waals surface area (Å²) in [6.07, 6.45) is 2.54. The molecule has 1 aliphatic rings. The van der Waals surface area contributed by atoms with E-state index in [1.165, 1.54) is 12.8 Å². The van der Waals surface area contributed by atoms with Gasteiger partial charge in [0, 0.05) is 11.6 Å². The summed E-state index contributed by atoms with van der Waals surface area (Å²) >= 11 is 0. The van der Waals surface area contributed by atoms with Crippen molar-refractivity contribution in [3.63, 3.8) is 0 Å². The average Bonchev–Trinajstić information content (AvgIpc) is 3.12. The van der Waals surface area contributed by atoms with E-state index in [0.29, 0.717) is 11.5 Å². The Morgan fingerprint density at radius 3 is 2.65 bits per heavy atom. The zero-order valence-corrected chi connectivity index (χ0v) is 10.6. The fraction of sp³-hybridized carbons (Fsp3) is 0.500. The lowest BCUT2D eigenvalue weighted by Crippen LogP contribution is -2.33. The van der Waals surface area contributed by atoms with Crippen LogP contribution in [-0.4, -0.2) is 12.6 Å². The normalized spacial score (nSPS) is 15.2. The molecule has 17 heavy (non-hydrogen) atoms. The third kappa shape index (κ3) is 2.52. The highest BCUT2D eigenvalue weighted by atomic mass is 16.5. The number of ether oxygens (including phenoxy) is 1. The van der Waals surface area contributed by atoms with Gasteiger partial charge in [0.05, 0.1) is 18.4 Å². The van der Waals surface area contributed by atoms with E-state index in [4.69, 9.17) is 10.00 Å². The van der Waals surface area contributed by atoms with Gasteiger partial charge in [0.25, 0.3) is 0 Å². The molecule has 3 heteroatoms.